The quantitative estimate of drug-likeness (QED) is 0.846. The lowest BCUT2D eigenvalue weighted by Gasteiger charge is -2.18. The van der Waals surface area contributed by atoms with Crippen molar-refractivity contribution in [2.45, 2.75) is 19.8 Å². The number of H-pyrrole nitrogens is 1. The molecule has 0 saturated heterocycles. The van der Waals surface area contributed by atoms with Gasteiger partial charge in [0.1, 0.15) is 6.54 Å². The van der Waals surface area contributed by atoms with Crippen LogP contribution in [0.25, 0.3) is 10.9 Å². The number of benzene rings is 1. The fourth-order valence-electron chi connectivity index (χ4n) is 2.28. The number of hydrogen-bond donors (Lipinski definition) is 2. The van der Waals surface area contributed by atoms with Crippen LogP contribution in [0.5, 0.6) is 0 Å². The maximum absolute atomic E-state index is 12.0. The smallest absolute Gasteiger partial charge is 0.323 e. The minimum absolute atomic E-state index is 0.125. The van der Waals surface area contributed by atoms with Crippen LogP contribution in [-0.2, 0) is 16.0 Å². The summed E-state index contributed by atoms with van der Waals surface area (Å²) in [7, 11) is 0. The van der Waals surface area contributed by atoms with Gasteiger partial charge in [0, 0.05) is 30.1 Å². The van der Waals surface area contributed by atoms with Gasteiger partial charge < -0.3 is 15.0 Å². The molecule has 0 aliphatic heterocycles. The predicted octanol–water partition coefficient (Wildman–Crippen LogP) is 2.03. The van der Waals surface area contributed by atoms with Crippen LogP contribution in [0, 0.1) is 0 Å². The lowest BCUT2D eigenvalue weighted by Crippen LogP contribution is -2.35. The van der Waals surface area contributed by atoms with Gasteiger partial charge in [0.2, 0.25) is 5.91 Å². The summed E-state index contributed by atoms with van der Waals surface area (Å²) in [6.07, 6.45) is 2.84. The van der Waals surface area contributed by atoms with Gasteiger partial charge in [-0.25, -0.2) is 0 Å². The first kappa shape index (κ1) is 14.1. The lowest BCUT2D eigenvalue weighted by molar-refractivity contribution is -0.144. The number of aromatic amines is 1. The second-order valence-electron chi connectivity index (χ2n) is 4.66. The SMILES string of the molecule is CCN(CC(=O)O)C(=O)CCc1c[nH]c2ccccc12. The highest BCUT2D eigenvalue weighted by Gasteiger charge is 2.15. The standard InChI is InChI=1S/C15H18N2O3/c1-2-17(10-15(19)20)14(18)8-7-11-9-16-13-6-4-3-5-12(11)13/h3-6,9,16H,2,7-8,10H2,1H3,(H,19,20). The van der Waals surface area contributed by atoms with Crippen molar-refractivity contribution in [2.24, 2.45) is 0 Å². The Bertz CT molecular complexity index is 618. The van der Waals surface area contributed by atoms with E-state index in [2.05, 4.69) is 4.98 Å². The van der Waals surface area contributed by atoms with Gasteiger partial charge in [0.05, 0.1) is 0 Å². The minimum Gasteiger partial charge on any atom is -0.480 e. The van der Waals surface area contributed by atoms with Crippen molar-refractivity contribution >= 4 is 22.8 Å². The van der Waals surface area contributed by atoms with Gasteiger partial charge in [-0.05, 0) is 25.0 Å². The average Bonchev–Trinajstić information content (AvgIpc) is 2.85. The molecule has 0 bridgehead atoms. The Morgan fingerprint density at radius 1 is 1.30 bits per heavy atom. The number of likely N-dealkylation sites (N-methyl/N-ethyl adjacent to an activating group) is 1. The molecule has 2 N–H and O–H groups in total. The molecular formula is C15H18N2O3. The number of fused-ring (bicyclic) bond motifs is 1. The number of hydrogen-bond acceptors (Lipinski definition) is 2. The molecule has 0 aliphatic carbocycles. The van der Waals surface area contributed by atoms with E-state index in [1.165, 1.54) is 4.90 Å². The summed E-state index contributed by atoms with van der Waals surface area (Å²) in [6, 6.07) is 7.92. The lowest BCUT2D eigenvalue weighted by atomic mass is 10.1. The number of carboxylic acids is 1. The molecule has 2 rings (SSSR count). The molecule has 0 aliphatic rings. The Hall–Kier alpha value is -2.30. The molecule has 1 amide bonds. The van der Waals surface area contributed by atoms with Crippen LogP contribution in [0.1, 0.15) is 18.9 Å². The van der Waals surface area contributed by atoms with Gasteiger partial charge in [0.15, 0.2) is 0 Å². The van der Waals surface area contributed by atoms with E-state index in [-0.39, 0.29) is 12.5 Å². The molecule has 0 atom stereocenters. The zero-order valence-corrected chi connectivity index (χ0v) is 11.4. The van der Waals surface area contributed by atoms with E-state index in [0.29, 0.717) is 19.4 Å². The van der Waals surface area contributed by atoms with E-state index in [4.69, 9.17) is 5.11 Å². The molecule has 106 valence electrons. The van der Waals surface area contributed by atoms with Gasteiger partial charge in [-0.1, -0.05) is 18.2 Å². The number of nitrogens with one attached hydrogen (secondary N) is 1. The third-order valence-electron chi connectivity index (χ3n) is 3.34. The molecule has 0 unspecified atom stereocenters. The van der Waals surface area contributed by atoms with Crippen molar-refractivity contribution in [3.8, 4) is 0 Å². The summed E-state index contributed by atoms with van der Waals surface area (Å²) in [6.45, 7) is 1.97. The second-order valence-corrected chi connectivity index (χ2v) is 4.66. The van der Waals surface area contributed by atoms with Crippen molar-refractivity contribution in [1.29, 1.82) is 0 Å². The summed E-state index contributed by atoms with van der Waals surface area (Å²) in [5, 5.41) is 9.87. The first-order valence-electron chi connectivity index (χ1n) is 6.66. The number of carboxylic acid groups (broad SMARTS) is 1. The van der Waals surface area contributed by atoms with Crippen LogP contribution in [0.3, 0.4) is 0 Å². The Kier molecular flexibility index (Phi) is 4.40. The molecule has 0 spiro atoms. The van der Waals surface area contributed by atoms with E-state index in [0.717, 1.165) is 16.5 Å². The maximum atomic E-state index is 12.0. The number of aromatic nitrogens is 1. The van der Waals surface area contributed by atoms with Crippen LogP contribution in [0.2, 0.25) is 0 Å². The molecule has 5 heteroatoms. The molecule has 2 aromatic rings. The molecule has 20 heavy (non-hydrogen) atoms. The van der Waals surface area contributed by atoms with Crippen LogP contribution in [0.15, 0.2) is 30.5 Å². The number of aliphatic carboxylic acids is 1. The second kappa shape index (κ2) is 6.23. The largest absolute Gasteiger partial charge is 0.480 e. The number of aryl methyl sites for hydroxylation is 1. The highest BCUT2D eigenvalue weighted by Crippen LogP contribution is 2.19. The van der Waals surface area contributed by atoms with Crippen molar-refractivity contribution in [3.63, 3.8) is 0 Å². The highest BCUT2D eigenvalue weighted by atomic mass is 16.4. The third kappa shape index (κ3) is 3.17. The number of rotatable bonds is 6. The molecule has 1 aromatic carbocycles. The number of nitrogens with zero attached hydrogens (tertiary/aromatic N) is 1. The molecule has 0 radical (unpaired) electrons. The van der Waals surface area contributed by atoms with Crippen molar-refractivity contribution < 1.29 is 14.7 Å². The van der Waals surface area contributed by atoms with E-state index >= 15 is 0 Å². The average molecular weight is 274 g/mol. The number of amides is 1. The van der Waals surface area contributed by atoms with Gasteiger partial charge in [-0.15, -0.1) is 0 Å². The number of carbonyl (C=O) groups is 2. The number of para-hydroxylation sites is 1. The van der Waals surface area contributed by atoms with Crippen LogP contribution in [-0.4, -0.2) is 40.0 Å². The van der Waals surface area contributed by atoms with Crippen molar-refractivity contribution in [2.75, 3.05) is 13.1 Å². The monoisotopic (exact) mass is 274 g/mol. The van der Waals surface area contributed by atoms with Gasteiger partial charge in [0.25, 0.3) is 0 Å². The van der Waals surface area contributed by atoms with Crippen molar-refractivity contribution in [1.82, 2.24) is 9.88 Å². The van der Waals surface area contributed by atoms with Gasteiger partial charge in [-0.3, -0.25) is 9.59 Å². The van der Waals surface area contributed by atoms with Crippen LogP contribution >= 0.6 is 0 Å². The Balaban J connectivity index is 2.01. The minimum atomic E-state index is -0.979. The maximum Gasteiger partial charge on any atom is 0.323 e. The zero-order chi connectivity index (χ0) is 14.5. The zero-order valence-electron chi connectivity index (χ0n) is 11.4. The summed E-state index contributed by atoms with van der Waals surface area (Å²) in [4.78, 5) is 27.2. The molecule has 5 nitrogen and oxygen atoms in total. The summed E-state index contributed by atoms with van der Waals surface area (Å²) >= 11 is 0. The summed E-state index contributed by atoms with van der Waals surface area (Å²) in [5.41, 5.74) is 2.13. The third-order valence-corrected chi connectivity index (χ3v) is 3.34. The normalized spacial score (nSPS) is 10.7. The first-order chi connectivity index (χ1) is 9.61. The number of carbonyl (C=O) groups excluding carboxylic acids is 1. The Labute approximate surface area is 117 Å². The predicted molar refractivity (Wildman–Crippen MR) is 76.5 cm³/mol. The highest BCUT2D eigenvalue weighted by molar-refractivity contribution is 5.85. The van der Waals surface area contributed by atoms with E-state index in [1.54, 1.807) is 6.92 Å². The van der Waals surface area contributed by atoms with Crippen molar-refractivity contribution in [3.05, 3.63) is 36.0 Å². The summed E-state index contributed by atoms with van der Waals surface area (Å²) in [5.74, 6) is -1.10. The Morgan fingerprint density at radius 3 is 2.75 bits per heavy atom. The summed E-state index contributed by atoms with van der Waals surface area (Å²) < 4.78 is 0. The van der Waals surface area contributed by atoms with Crippen LogP contribution < -0.4 is 0 Å². The molecular weight excluding hydrogens is 256 g/mol. The van der Waals surface area contributed by atoms with E-state index < -0.39 is 5.97 Å². The molecule has 0 saturated carbocycles. The first-order valence-corrected chi connectivity index (χ1v) is 6.66. The van der Waals surface area contributed by atoms with Crippen LogP contribution in [0.4, 0.5) is 0 Å². The molecule has 1 aromatic heterocycles. The fourth-order valence-corrected chi connectivity index (χ4v) is 2.28. The molecule has 0 fully saturated rings. The van der Waals surface area contributed by atoms with E-state index in [9.17, 15) is 9.59 Å². The fraction of sp³-hybridized carbons (Fsp3) is 0.333. The van der Waals surface area contributed by atoms with Gasteiger partial charge >= 0.3 is 5.97 Å². The Morgan fingerprint density at radius 2 is 2.05 bits per heavy atom. The van der Waals surface area contributed by atoms with E-state index in [1.807, 2.05) is 30.5 Å². The van der Waals surface area contributed by atoms with Gasteiger partial charge in [-0.2, -0.15) is 0 Å². The molecule has 1 heterocycles. The topological polar surface area (TPSA) is 73.4 Å².